The van der Waals surface area contributed by atoms with Crippen molar-refractivity contribution in [2.24, 2.45) is 10.9 Å². The smallest absolute Gasteiger partial charge is 0.432 e. The van der Waals surface area contributed by atoms with Crippen molar-refractivity contribution >= 4 is 63.4 Å². The Kier molecular flexibility index (Phi) is 10.0. The quantitative estimate of drug-likeness (QED) is 0.0488. The van der Waals surface area contributed by atoms with Gasteiger partial charge >= 0.3 is 12.2 Å². The van der Waals surface area contributed by atoms with E-state index < -0.39 is 58.5 Å². The van der Waals surface area contributed by atoms with Crippen molar-refractivity contribution in [2.45, 2.75) is 24.9 Å². The summed E-state index contributed by atoms with van der Waals surface area (Å²) >= 11 is 6.36. The first-order valence-electron chi connectivity index (χ1n) is 10.9. The molecule has 3 atom stereocenters. The molecule has 2 aromatic rings. The first-order valence-corrected chi connectivity index (χ1v) is 12.4. The van der Waals surface area contributed by atoms with Crippen LogP contribution in [-0.2, 0) is 45.0 Å². The Hall–Kier alpha value is -4.68. The predicted octanol–water partition coefficient (Wildman–Crippen LogP) is -0.870. The van der Waals surface area contributed by atoms with E-state index in [-0.39, 0.29) is 28.4 Å². The molecule has 0 spiro atoms. The number of oxime groups is 1. The SMILES string of the molecule is CO/N=C(\C(=O)N[C@@H]1C(=O)N(OC(C(=O)OCc2ccccc2)[N+](=O)[O-])[C@@H]1C(N)=O)c1csc(NC(=O)CCl)n1. The van der Waals surface area contributed by atoms with Gasteiger partial charge in [0, 0.05) is 5.38 Å². The molecule has 1 aliphatic rings. The predicted molar refractivity (Wildman–Crippen MR) is 135 cm³/mol. The largest absolute Gasteiger partial charge is 0.454 e. The summed E-state index contributed by atoms with van der Waals surface area (Å²) in [5.41, 5.74) is 5.33. The zero-order valence-electron chi connectivity index (χ0n) is 20.3. The molecule has 1 saturated heterocycles. The lowest BCUT2D eigenvalue weighted by Gasteiger charge is -2.43. The van der Waals surface area contributed by atoms with E-state index in [9.17, 15) is 34.1 Å². The number of nitrogens with zero attached hydrogens (tertiary/aromatic N) is 4. The number of nitrogens with one attached hydrogen (secondary N) is 2. The number of carbonyl (C=O) groups is 5. The van der Waals surface area contributed by atoms with Gasteiger partial charge in [0.2, 0.25) is 11.8 Å². The lowest BCUT2D eigenvalue weighted by molar-refractivity contribution is -0.583. The molecule has 17 nitrogen and oxygen atoms in total. The molecule has 0 radical (unpaired) electrons. The van der Waals surface area contributed by atoms with Gasteiger partial charge in [-0.3, -0.25) is 29.3 Å². The number of hydrogen-bond donors (Lipinski definition) is 3. The van der Waals surface area contributed by atoms with E-state index >= 15 is 0 Å². The number of aromatic nitrogens is 1. The molecule has 19 heteroatoms. The number of carbonyl (C=O) groups excluding carboxylic acids is 5. The summed E-state index contributed by atoms with van der Waals surface area (Å²) in [5.74, 6) is -5.75. The fourth-order valence-corrected chi connectivity index (χ4v) is 3.95. The minimum absolute atomic E-state index is 0.0701. The van der Waals surface area contributed by atoms with Crippen LogP contribution in [0.1, 0.15) is 11.3 Å². The highest BCUT2D eigenvalue weighted by Gasteiger charge is 2.56. The van der Waals surface area contributed by atoms with Crippen LogP contribution in [0.3, 0.4) is 0 Å². The monoisotopic (exact) mass is 597 g/mol. The number of hydroxylamine groups is 2. The third-order valence-corrected chi connectivity index (χ3v) is 5.97. The van der Waals surface area contributed by atoms with Crippen LogP contribution >= 0.6 is 22.9 Å². The minimum atomic E-state index is -2.52. The second kappa shape index (κ2) is 13.4. The number of thiazole rings is 1. The van der Waals surface area contributed by atoms with Crippen molar-refractivity contribution in [3.8, 4) is 0 Å². The highest BCUT2D eigenvalue weighted by molar-refractivity contribution is 7.14. The number of ether oxygens (including phenoxy) is 1. The summed E-state index contributed by atoms with van der Waals surface area (Å²) in [4.78, 5) is 85.3. The van der Waals surface area contributed by atoms with Crippen molar-refractivity contribution in [2.75, 3.05) is 18.3 Å². The van der Waals surface area contributed by atoms with Crippen LogP contribution in [0.25, 0.3) is 0 Å². The lowest BCUT2D eigenvalue weighted by Crippen LogP contribution is -2.75. The van der Waals surface area contributed by atoms with Crippen LogP contribution in [0.4, 0.5) is 5.13 Å². The van der Waals surface area contributed by atoms with Crippen molar-refractivity contribution in [1.82, 2.24) is 15.4 Å². The Morgan fingerprint density at radius 3 is 2.60 bits per heavy atom. The number of nitro groups is 1. The number of anilines is 1. The molecular weight excluding hydrogens is 578 g/mol. The molecule has 212 valence electrons. The summed E-state index contributed by atoms with van der Waals surface area (Å²) in [6.07, 6.45) is -2.52. The van der Waals surface area contributed by atoms with Gasteiger partial charge in [-0.2, -0.15) is 9.90 Å². The maximum absolute atomic E-state index is 12.9. The minimum Gasteiger partial charge on any atom is -0.454 e. The van der Waals surface area contributed by atoms with E-state index in [2.05, 4.69) is 25.6 Å². The molecule has 3 rings (SSSR count). The standard InChI is InChI=1S/C21H20ClN7O10S/c1-37-27-13(11-9-40-21(24-11)25-12(30)7-22)17(32)26-14-15(16(23)31)28(18(14)33)39-19(29(35)36)20(34)38-8-10-5-3-2-4-6-10/h2-6,9,14-15,19H,7-8H2,1H3,(H2,23,31)(H,26,32)(H,24,25,30)/b27-13-/t14-,15-,19?/m0/s1. The summed E-state index contributed by atoms with van der Waals surface area (Å²) in [5, 5.41) is 21.2. The Morgan fingerprint density at radius 2 is 2.00 bits per heavy atom. The molecule has 0 bridgehead atoms. The zero-order chi connectivity index (χ0) is 29.4. The summed E-state index contributed by atoms with van der Waals surface area (Å²) in [6, 6.07) is 4.86. The molecule has 0 aliphatic carbocycles. The topological polar surface area (TPSA) is 235 Å². The number of esters is 1. The maximum atomic E-state index is 12.9. The van der Waals surface area contributed by atoms with E-state index in [0.717, 1.165) is 18.4 Å². The van der Waals surface area contributed by atoms with Crippen molar-refractivity contribution in [3.63, 3.8) is 0 Å². The molecule has 1 fully saturated rings. The van der Waals surface area contributed by atoms with Gasteiger partial charge in [0.1, 0.15) is 31.3 Å². The number of nitrogens with two attached hydrogens (primary N) is 1. The second-order valence-corrected chi connectivity index (χ2v) is 8.77. The van der Waals surface area contributed by atoms with Crippen LogP contribution < -0.4 is 16.4 Å². The third-order valence-electron chi connectivity index (χ3n) is 4.97. The normalized spacial score (nSPS) is 17.3. The highest BCUT2D eigenvalue weighted by Crippen LogP contribution is 2.23. The number of β-lactam (4-membered cyclic amide) rings is 1. The van der Waals surface area contributed by atoms with Crippen molar-refractivity contribution in [1.29, 1.82) is 0 Å². The second-order valence-electron chi connectivity index (χ2n) is 7.64. The van der Waals surface area contributed by atoms with Gasteiger partial charge in [-0.1, -0.05) is 35.5 Å². The maximum Gasteiger partial charge on any atom is 0.432 e. The van der Waals surface area contributed by atoms with E-state index in [4.69, 9.17) is 26.9 Å². The van der Waals surface area contributed by atoms with Gasteiger partial charge in [0.05, 0.1) is 4.92 Å². The molecule has 4 amide bonds. The average Bonchev–Trinajstić information content (AvgIpc) is 3.38. The number of rotatable bonds is 13. The number of amides is 4. The van der Waals surface area contributed by atoms with Gasteiger partial charge in [0.25, 0.3) is 11.8 Å². The molecule has 1 aromatic carbocycles. The van der Waals surface area contributed by atoms with E-state index in [0.29, 0.717) is 5.56 Å². The van der Waals surface area contributed by atoms with Gasteiger partial charge in [0.15, 0.2) is 16.9 Å². The third kappa shape index (κ3) is 7.04. The summed E-state index contributed by atoms with van der Waals surface area (Å²) < 4.78 is 4.89. The molecule has 1 aliphatic heterocycles. The van der Waals surface area contributed by atoms with Crippen LogP contribution in [0.2, 0.25) is 0 Å². The van der Waals surface area contributed by atoms with Crippen LogP contribution in [-0.4, -0.2) is 81.6 Å². The van der Waals surface area contributed by atoms with Gasteiger partial charge in [-0.25, -0.2) is 9.78 Å². The van der Waals surface area contributed by atoms with Crippen molar-refractivity contribution in [3.05, 3.63) is 57.1 Å². The molecule has 2 heterocycles. The van der Waals surface area contributed by atoms with Gasteiger partial charge < -0.3 is 25.9 Å². The van der Waals surface area contributed by atoms with E-state index in [1.807, 2.05) is 0 Å². The Balaban J connectivity index is 1.70. The molecular formula is C21H20ClN7O10S. The first kappa shape index (κ1) is 29.9. The van der Waals surface area contributed by atoms with E-state index in [1.54, 1.807) is 30.3 Å². The number of primary amides is 1. The van der Waals surface area contributed by atoms with Crippen LogP contribution in [0.5, 0.6) is 0 Å². The summed E-state index contributed by atoms with van der Waals surface area (Å²) in [6.45, 7) is -0.325. The van der Waals surface area contributed by atoms with Crippen molar-refractivity contribution < 1.29 is 43.3 Å². The highest BCUT2D eigenvalue weighted by atomic mass is 35.5. The number of alkyl halides is 1. The molecule has 1 unspecified atom stereocenters. The first-order chi connectivity index (χ1) is 19.1. The zero-order valence-corrected chi connectivity index (χ0v) is 21.9. The molecule has 4 N–H and O–H groups in total. The summed E-state index contributed by atoms with van der Waals surface area (Å²) in [7, 11) is 1.13. The molecule has 0 saturated carbocycles. The Labute approximate surface area is 233 Å². The van der Waals surface area contributed by atoms with Gasteiger partial charge in [-0.15, -0.1) is 22.9 Å². The fraction of sp³-hybridized carbons (Fsp3) is 0.286. The fourth-order valence-electron chi connectivity index (χ4n) is 3.17. The Morgan fingerprint density at radius 1 is 1.30 bits per heavy atom. The number of hydrogen-bond acceptors (Lipinski definition) is 13. The number of benzene rings is 1. The van der Waals surface area contributed by atoms with E-state index in [1.165, 1.54) is 5.38 Å². The average molecular weight is 598 g/mol. The molecule has 1 aromatic heterocycles. The van der Waals surface area contributed by atoms with Crippen LogP contribution in [0.15, 0.2) is 40.9 Å². The Bertz CT molecular complexity index is 1340. The lowest BCUT2D eigenvalue weighted by atomic mass is 9.97. The number of halogens is 1. The van der Waals surface area contributed by atoms with Gasteiger partial charge in [-0.05, 0) is 5.56 Å². The van der Waals surface area contributed by atoms with Crippen LogP contribution in [0, 0.1) is 10.1 Å². The molecule has 40 heavy (non-hydrogen) atoms.